The second-order valence-corrected chi connectivity index (χ2v) is 10.6. The molecule has 2 aliphatic heterocycles. The molecule has 0 bridgehead atoms. The molecule has 2 fully saturated rings. The zero-order chi connectivity index (χ0) is 21.7. The number of rotatable bonds is 6. The number of nitrogens with one attached hydrogen (secondary N) is 1. The Morgan fingerprint density at radius 1 is 1.06 bits per heavy atom. The van der Waals surface area contributed by atoms with Gasteiger partial charge in [-0.2, -0.15) is 5.10 Å². The van der Waals surface area contributed by atoms with Crippen LogP contribution in [0.25, 0.3) is 0 Å². The maximum absolute atomic E-state index is 13.1. The van der Waals surface area contributed by atoms with Crippen LogP contribution in [0.3, 0.4) is 0 Å². The first-order valence-corrected chi connectivity index (χ1v) is 12.8. The molecule has 0 radical (unpaired) electrons. The van der Waals surface area contributed by atoms with E-state index >= 15 is 0 Å². The van der Waals surface area contributed by atoms with E-state index in [4.69, 9.17) is 0 Å². The van der Waals surface area contributed by atoms with Crippen molar-refractivity contribution < 1.29 is 13.2 Å². The second kappa shape index (κ2) is 9.91. The van der Waals surface area contributed by atoms with Crippen LogP contribution in [0.2, 0.25) is 0 Å². The highest BCUT2D eigenvalue weighted by Gasteiger charge is 2.33. The second-order valence-electron chi connectivity index (χ2n) is 8.52. The van der Waals surface area contributed by atoms with Gasteiger partial charge in [0.1, 0.15) is 0 Å². The van der Waals surface area contributed by atoms with Gasteiger partial charge < -0.3 is 4.90 Å². The number of aryl methyl sites for hydroxylation is 1. The van der Waals surface area contributed by atoms with Gasteiger partial charge in [0.15, 0.2) is 0 Å². The van der Waals surface area contributed by atoms with Gasteiger partial charge in [0, 0.05) is 44.5 Å². The highest BCUT2D eigenvalue weighted by Crippen LogP contribution is 2.30. The van der Waals surface area contributed by atoms with Crippen molar-refractivity contribution >= 4 is 15.9 Å². The van der Waals surface area contributed by atoms with Gasteiger partial charge in [-0.05, 0) is 49.8 Å². The zero-order valence-electron chi connectivity index (χ0n) is 17.9. The van der Waals surface area contributed by atoms with E-state index in [1.165, 1.54) is 0 Å². The molecule has 2 aromatic heterocycles. The lowest BCUT2D eigenvalue weighted by atomic mass is 9.93. The van der Waals surface area contributed by atoms with Crippen LogP contribution in [0, 0.1) is 0 Å². The third kappa shape index (κ3) is 5.33. The third-order valence-electron chi connectivity index (χ3n) is 6.38. The van der Waals surface area contributed by atoms with Gasteiger partial charge in [0.25, 0.3) is 5.91 Å². The maximum Gasteiger partial charge on any atom is 0.257 e. The summed E-state index contributed by atoms with van der Waals surface area (Å²) in [7, 11) is -3.38. The molecule has 0 aromatic carbocycles. The molecule has 0 spiro atoms. The molecular weight excluding hydrogens is 414 g/mol. The largest absolute Gasteiger partial charge is 0.339 e. The number of piperidine rings is 1. The van der Waals surface area contributed by atoms with Crippen molar-refractivity contribution in [1.29, 1.82) is 0 Å². The molecule has 9 heteroatoms. The fourth-order valence-electron chi connectivity index (χ4n) is 4.58. The van der Waals surface area contributed by atoms with Crippen molar-refractivity contribution in [3.63, 3.8) is 0 Å². The van der Waals surface area contributed by atoms with Crippen LogP contribution >= 0.6 is 0 Å². The third-order valence-corrected chi connectivity index (χ3v) is 8.21. The van der Waals surface area contributed by atoms with E-state index in [9.17, 15) is 13.2 Å². The number of hydrogen-bond donors (Lipinski definition) is 1. The molecule has 4 heterocycles. The highest BCUT2D eigenvalue weighted by molar-refractivity contribution is 7.89. The van der Waals surface area contributed by atoms with Crippen LogP contribution in [0.4, 0.5) is 0 Å². The molecule has 1 amide bonds. The Balaban J connectivity index is 1.44. The molecule has 31 heavy (non-hydrogen) atoms. The van der Waals surface area contributed by atoms with E-state index in [-0.39, 0.29) is 17.6 Å². The average molecular weight is 446 g/mol. The normalized spacial score (nSPS) is 21.0. The fourth-order valence-corrected chi connectivity index (χ4v) is 6.14. The maximum atomic E-state index is 13.1. The molecular formula is C22H31N5O3S. The van der Waals surface area contributed by atoms with E-state index < -0.39 is 10.0 Å². The van der Waals surface area contributed by atoms with Gasteiger partial charge in [-0.25, -0.2) is 12.7 Å². The summed E-state index contributed by atoms with van der Waals surface area (Å²) in [6, 6.07) is 3.69. The molecule has 1 N–H and O–H groups in total. The summed E-state index contributed by atoms with van der Waals surface area (Å²) >= 11 is 0. The van der Waals surface area contributed by atoms with Crippen molar-refractivity contribution in [2.24, 2.45) is 0 Å². The van der Waals surface area contributed by atoms with Crippen LogP contribution in [0.15, 0.2) is 30.7 Å². The van der Waals surface area contributed by atoms with Crippen LogP contribution in [-0.4, -0.2) is 70.6 Å². The van der Waals surface area contributed by atoms with Crippen LogP contribution in [-0.2, 0) is 16.4 Å². The minimum Gasteiger partial charge on any atom is -0.339 e. The molecule has 0 aliphatic carbocycles. The number of pyridine rings is 1. The topological polar surface area (TPSA) is 99.3 Å². The van der Waals surface area contributed by atoms with Crippen molar-refractivity contribution in [3.8, 4) is 0 Å². The Kier molecular flexibility index (Phi) is 7.02. The Hall–Kier alpha value is -2.26. The predicted molar refractivity (Wildman–Crippen MR) is 118 cm³/mol. The number of likely N-dealkylation sites (tertiary alicyclic amines) is 1. The summed E-state index contributed by atoms with van der Waals surface area (Å²) in [4.78, 5) is 19.0. The number of nitrogens with zero attached hydrogens (tertiary/aromatic N) is 4. The predicted octanol–water partition coefficient (Wildman–Crippen LogP) is 2.57. The number of H-pyrrole nitrogens is 1. The summed E-state index contributed by atoms with van der Waals surface area (Å²) in [6.45, 7) is 2.48. The number of aromatic nitrogens is 3. The quantitative estimate of drug-likeness (QED) is 0.737. The van der Waals surface area contributed by atoms with Gasteiger partial charge in [-0.1, -0.05) is 12.8 Å². The summed E-state index contributed by atoms with van der Waals surface area (Å²) in [5.74, 6) is 0.0490. The van der Waals surface area contributed by atoms with Gasteiger partial charge in [-0.15, -0.1) is 0 Å². The fraction of sp³-hybridized carbons (Fsp3) is 0.591. The number of hydrogen-bond acceptors (Lipinski definition) is 5. The standard InChI is InChI=1S/C22H31N5O3S/c28-22(26-12-3-1-2-4-13-26)20-16-24-25-21(20)19-6-5-14-27(17-19)31(29,30)15-9-18-7-10-23-11-8-18/h7-8,10-11,16,19H,1-6,9,12-15,17H2,(H,24,25)/t19-/m1/s1. The van der Waals surface area contributed by atoms with Crippen LogP contribution in [0.1, 0.15) is 66.1 Å². The number of sulfonamides is 1. The van der Waals surface area contributed by atoms with E-state index in [1.807, 2.05) is 17.0 Å². The molecule has 4 rings (SSSR count). The summed E-state index contributed by atoms with van der Waals surface area (Å²) in [5, 5.41) is 7.17. The summed E-state index contributed by atoms with van der Waals surface area (Å²) in [6.07, 6.45) is 11.5. The van der Waals surface area contributed by atoms with Crippen molar-refractivity contribution in [3.05, 3.63) is 47.5 Å². The molecule has 0 saturated carbocycles. The van der Waals surface area contributed by atoms with Crippen LogP contribution < -0.4 is 0 Å². The Labute approximate surface area is 184 Å². The molecule has 8 nitrogen and oxygen atoms in total. The summed E-state index contributed by atoms with van der Waals surface area (Å²) in [5.41, 5.74) is 2.34. The van der Waals surface area contributed by atoms with Gasteiger partial charge in [0.05, 0.1) is 23.2 Å². The number of carbonyl (C=O) groups excluding carboxylic acids is 1. The first-order chi connectivity index (χ1) is 15.0. The van der Waals surface area contributed by atoms with Gasteiger partial charge in [0.2, 0.25) is 10.0 Å². The molecule has 2 aromatic rings. The lowest BCUT2D eigenvalue weighted by molar-refractivity contribution is 0.0759. The van der Waals surface area contributed by atoms with Gasteiger partial charge in [-0.3, -0.25) is 14.9 Å². The molecule has 2 saturated heterocycles. The Morgan fingerprint density at radius 3 is 2.55 bits per heavy atom. The number of amides is 1. The van der Waals surface area contributed by atoms with Crippen molar-refractivity contribution in [2.75, 3.05) is 31.9 Å². The lowest BCUT2D eigenvalue weighted by Gasteiger charge is -2.32. The number of carbonyl (C=O) groups is 1. The average Bonchev–Trinajstić information content (AvgIpc) is 3.13. The van der Waals surface area contributed by atoms with Crippen LogP contribution in [0.5, 0.6) is 0 Å². The molecule has 0 unspecified atom stereocenters. The summed E-state index contributed by atoms with van der Waals surface area (Å²) < 4.78 is 27.6. The van der Waals surface area contributed by atoms with E-state index in [0.29, 0.717) is 25.1 Å². The minimum atomic E-state index is -3.38. The highest BCUT2D eigenvalue weighted by atomic mass is 32.2. The Morgan fingerprint density at radius 2 is 1.81 bits per heavy atom. The molecule has 1 atom stereocenters. The zero-order valence-corrected chi connectivity index (χ0v) is 18.7. The number of aromatic amines is 1. The first-order valence-electron chi connectivity index (χ1n) is 11.2. The monoisotopic (exact) mass is 445 g/mol. The van der Waals surface area contributed by atoms with E-state index in [0.717, 1.165) is 62.9 Å². The molecule has 2 aliphatic rings. The Bertz CT molecular complexity index is 968. The van der Waals surface area contributed by atoms with Gasteiger partial charge >= 0.3 is 0 Å². The lowest BCUT2D eigenvalue weighted by Crippen LogP contribution is -2.41. The van der Waals surface area contributed by atoms with Crippen molar-refractivity contribution in [1.82, 2.24) is 24.4 Å². The first kappa shape index (κ1) is 22.0. The van der Waals surface area contributed by atoms with E-state index in [1.54, 1.807) is 22.9 Å². The van der Waals surface area contributed by atoms with Crippen molar-refractivity contribution in [2.45, 2.75) is 50.9 Å². The SMILES string of the molecule is O=C(c1cn[nH]c1[C@@H]1CCCN(S(=O)(=O)CCc2ccncc2)C1)N1CCCCCC1. The molecule has 168 valence electrons. The minimum absolute atomic E-state index is 0.0170. The van der Waals surface area contributed by atoms with E-state index in [2.05, 4.69) is 15.2 Å². The smallest absolute Gasteiger partial charge is 0.257 e.